The van der Waals surface area contributed by atoms with Gasteiger partial charge in [-0.05, 0) is 0 Å². The topological polar surface area (TPSA) is 23.8 Å². The van der Waals surface area contributed by atoms with Crippen LogP contribution in [-0.2, 0) is 11.9 Å². The second-order valence-electron chi connectivity index (χ2n) is 4.54. The molecule has 2 saturated carbocycles. The van der Waals surface area contributed by atoms with Crippen molar-refractivity contribution >= 4 is 37.7 Å². The Morgan fingerprint density at radius 2 is 1.50 bits per heavy atom. The Kier molecular flexibility index (Phi) is 6.25. The monoisotopic (exact) mass is 486 g/mol. The van der Waals surface area contributed by atoms with E-state index in [0.717, 1.165) is 6.42 Å². The van der Waals surface area contributed by atoms with Crippen LogP contribution in [0, 0.1) is 18.3 Å². The second kappa shape index (κ2) is 6.31. The Balaban J connectivity index is 0.000000221. The van der Waals surface area contributed by atoms with Gasteiger partial charge in [0.15, 0.2) is 0 Å². The molecule has 100 valence electrons. The van der Waals surface area contributed by atoms with Crippen molar-refractivity contribution in [1.29, 1.82) is 0 Å². The molecule has 1 nitrogen and oxygen atoms in total. The zero-order valence-corrected chi connectivity index (χ0v) is 14.2. The first kappa shape index (κ1) is 15.9. The SMILES string of the molecule is [CH2-][C@@H]1CCC[C@@]12CCC[C@@H]2[NH-].[Cl][Pt+2]([Cl])([Cl])[Cl]. The Morgan fingerprint density at radius 1 is 1.06 bits per heavy atom. The van der Waals surface area contributed by atoms with Gasteiger partial charge in [-0.3, -0.25) is 0 Å². The molecule has 2 aliphatic carbocycles. The van der Waals surface area contributed by atoms with Gasteiger partial charge >= 0.3 is 49.6 Å². The van der Waals surface area contributed by atoms with Gasteiger partial charge in [-0.1, -0.05) is 43.9 Å². The Morgan fingerprint density at radius 3 is 1.81 bits per heavy atom. The van der Waals surface area contributed by atoms with Crippen LogP contribution in [0.5, 0.6) is 0 Å². The molecule has 3 atom stereocenters. The van der Waals surface area contributed by atoms with E-state index in [1.807, 2.05) is 0 Å². The first-order valence-electron chi connectivity index (χ1n) is 5.28. The van der Waals surface area contributed by atoms with Gasteiger partial charge in [-0.15, -0.1) is 6.04 Å². The molecule has 0 aromatic carbocycles. The first-order valence-corrected chi connectivity index (χ1v) is 16.5. The van der Waals surface area contributed by atoms with Crippen molar-refractivity contribution in [2.75, 3.05) is 0 Å². The van der Waals surface area contributed by atoms with Crippen molar-refractivity contribution in [3.05, 3.63) is 12.7 Å². The molecular weight excluding hydrogens is 471 g/mol. The van der Waals surface area contributed by atoms with Crippen LogP contribution >= 0.6 is 37.7 Å². The molecule has 0 amide bonds. The predicted molar refractivity (Wildman–Crippen MR) is 70.5 cm³/mol. The fraction of sp³-hybridized carbons (Fsp3) is 0.900. The molecule has 0 aliphatic heterocycles. The van der Waals surface area contributed by atoms with E-state index < -0.39 is 11.9 Å². The third kappa shape index (κ3) is 4.48. The third-order valence-corrected chi connectivity index (χ3v) is 3.84. The molecule has 1 spiro atoms. The van der Waals surface area contributed by atoms with E-state index >= 15 is 0 Å². The molecule has 0 unspecified atom stereocenters. The number of hydrogen-bond donors (Lipinski definition) is 0. The number of halogens is 4. The fourth-order valence-electron chi connectivity index (χ4n) is 3.05. The molecule has 0 radical (unpaired) electrons. The summed E-state index contributed by atoms with van der Waals surface area (Å²) in [6, 6.07) is 0.215. The minimum atomic E-state index is -3.06. The quantitative estimate of drug-likeness (QED) is 0.376. The Hall–Kier alpha value is 1.81. The van der Waals surface area contributed by atoms with E-state index in [0.29, 0.717) is 11.3 Å². The summed E-state index contributed by atoms with van der Waals surface area (Å²) in [6.45, 7) is 4.20. The molecule has 0 bridgehead atoms. The minimum absolute atomic E-state index is 0.215. The predicted octanol–water partition coefficient (Wildman–Crippen LogP) is 5.97. The summed E-state index contributed by atoms with van der Waals surface area (Å²) in [5.74, 6) is 0.590. The molecule has 16 heavy (non-hydrogen) atoms. The first-order chi connectivity index (χ1) is 7.26. The van der Waals surface area contributed by atoms with E-state index in [9.17, 15) is 0 Å². The van der Waals surface area contributed by atoms with Gasteiger partial charge in [0.25, 0.3) is 0 Å². The summed E-state index contributed by atoms with van der Waals surface area (Å²) in [4.78, 5) is 0. The van der Waals surface area contributed by atoms with Crippen LogP contribution in [-0.4, -0.2) is 6.04 Å². The summed E-state index contributed by atoms with van der Waals surface area (Å²) in [7, 11) is 20.0. The molecule has 0 aromatic heterocycles. The molecule has 2 fully saturated rings. The van der Waals surface area contributed by atoms with Crippen molar-refractivity contribution in [3.8, 4) is 0 Å². The number of nitrogens with one attached hydrogen (secondary N) is 1. The molecular formula is C10H17Cl4NPt. The van der Waals surface area contributed by atoms with Crippen molar-refractivity contribution in [3.63, 3.8) is 0 Å². The summed E-state index contributed by atoms with van der Waals surface area (Å²) >= 11 is -3.06. The maximum atomic E-state index is 7.97. The van der Waals surface area contributed by atoms with Crippen LogP contribution in [0.25, 0.3) is 5.73 Å². The van der Waals surface area contributed by atoms with Gasteiger partial charge in [0.05, 0.1) is 0 Å². The number of rotatable bonds is 0. The van der Waals surface area contributed by atoms with Crippen molar-refractivity contribution < 1.29 is 11.9 Å². The second-order valence-corrected chi connectivity index (χ2v) is 24.2. The number of hydrogen-bond acceptors (Lipinski definition) is 0. The fourth-order valence-corrected chi connectivity index (χ4v) is 3.05. The zero-order chi connectivity index (χ0) is 12.4. The standard InChI is InChI=1S/C10H17N.4ClH.Pt/c1-8-4-2-6-10(8)7-3-5-9(10)11;;;;;/h8-9,11H,1-7H2;4*1H;/q-2;;;;;+6/p-4/t8-,9+,10-;;;;;/m1...../s1. The third-order valence-electron chi connectivity index (χ3n) is 3.84. The van der Waals surface area contributed by atoms with Crippen molar-refractivity contribution in [2.24, 2.45) is 11.3 Å². The molecule has 2 rings (SSSR count). The normalized spacial score (nSPS) is 39.6. The summed E-state index contributed by atoms with van der Waals surface area (Å²) in [5, 5.41) is 0. The zero-order valence-electron chi connectivity index (χ0n) is 8.93. The molecule has 2 aliphatic rings. The van der Waals surface area contributed by atoms with Crippen LogP contribution in [0.2, 0.25) is 0 Å². The van der Waals surface area contributed by atoms with E-state index in [4.69, 9.17) is 43.4 Å². The van der Waals surface area contributed by atoms with E-state index in [1.54, 1.807) is 0 Å². The van der Waals surface area contributed by atoms with Crippen LogP contribution in [0.3, 0.4) is 0 Å². The summed E-state index contributed by atoms with van der Waals surface area (Å²) in [6.07, 6.45) is 7.58. The van der Waals surface area contributed by atoms with Gasteiger partial charge in [0.2, 0.25) is 0 Å². The van der Waals surface area contributed by atoms with Crippen molar-refractivity contribution in [2.45, 2.75) is 44.6 Å². The Labute approximate surface area is 117 Å². The van der Waals surface area contributed by atoms with Gasteiger partial charge < -0.3 is 12.7 Å². The molecule has 0 heterocycles. The van der Waals surface area contributed by atoms with E-state index in [2.05, 4.69) is 6.92 Å². The average Bonchev–Trinajstić information content (AvgIpc) is 2.61. The van der Waals surface area contributed by atoms with Gasteiger partial charge in [0, 0.05) is 0 Å². The molecule has 0 aromatic rings. The molecule has 6 heteroatoms. The van der Waals surface area contributed by atoms with Gasteiger partial charge in [0.1, 0.15) is 0 Å². The maximum absolute atomic E-state index is 7.97. The summed E-state index contributed by atoms with van der Waals surface area (Å²) < 4.78 is 0. The van der Waals surface area contributed by atoms with Crippen molar-refractivity contribution in [1.82, 2.24) is 0 Å². The van der Waals surface area contributed by atoms with Gasteiger partial charge in [-0.2, -0.15) is 5.92 Å². The van der Waals surface area contributed by atoms with Gasteiger partial charge in [-0.25, -0.2) is 0 Å². The Bertz CT molecular complexity index is 207. The van der Waals surface area contributed by atoms with E-state index in [-0.39, 0.29) is 6.04 Å². The average molecular weight is 488 g/mol. The summed E-state index contributed by atoms with van der Waals surface area (Å²) in [5.41, 5.74) is 8.33. The van der Waals surface area contributed by atoms with Crippen LogP contribution < -0.4 is 0 Å². The molecule has 1 N–H and O–H groups in total. The van der Waals surface area contributed by atoms with Crippen LogP contribution in [0.4, 0.5) is 0 Å². The van der Waals surface area contributed by atoms with E-state index in [1.165, 1.54) is 32.1 Å². The van der Waals surface area contributed by atoms with Crippen LogP contribution in [0.15, 0.2) is 0 Å². The van der Waals surface area contributed by atoms with Crippen LogP contribution in [0.1, 0.15) is 38.5 Å². The molecule has 0 saturated heterocycles.